The van der Waals surface area contributed by atoms with E-state index >= 15 is 0 Å². The van der Waals surface area contributed by atoms with Crippen LogP contribution in [0.2, 0.25) is 0 Å². The number of nitrogens with zero attached hydrogens (tertiary/aromatic N) is 1. The van der Waals surface area contributed by atoms with Crippen molar-refractivity contribution in [3.05, 3.63) is 42.1 Å². The Hall–Kier alpha value is -4.05. The number of aromatic nitrogens is 1. The lowest BCUT2D eigenvalue weighted by molar-refractivity contribution is -0.686. The molecule has 0 amide bonds. The molecule has 0 saturated carbocycles. The van der Waals surface area contributed by atoms with Crippen molar-refractivity contribution in [1.82, 2.24) is 0 Å². The van der Waals surface area contributed by atoms with E-state index in [1.807, 2.05) is 6.07 Å². The Balaban J connectivity index is 0.000000248. The minimum atomic E-state index is -1.17. The van der Waals surface area contributed by atoms with Crippen LogP contribution in [0.25, 0.3) is 22.0 Å². The summed E-state index contributed by atoms with van der Waals surface area (Å²) in [6.07, 6.45) is 2.89. The number of aryl methyl sites for hydroxylation is 2. The molecule has 0 bridgehead atoms. The lowest BCUT2D eigenvalue weighted by atomic mass is 9.95. The first-order valence-electron chi connectivity index (χ1n) is 11.0. The van der Waals surface area contributed by atoms with Gasteiger partial charge in [-0.3, -0.25) is 9.59 Å². The summed E-state index contributed by atoms with van der Waals surface area (Å²) in [6.45, 7) is 1.21. The lowest BCUT2D eigenvalue weighted by Crippen LogP contribution is -2.40. The molecule has 10 heteroatoms. The normalized spacial score (nSPS) is 13.7. The van der Waals surface area contributed by atoms with E-state index < -0.39 is 18.0 Å². The zero-order valence-electron chi connectivity index (χ0n) is 19.4. The first-order valence-corrected chi connectivity index (χ1v) is 11.0. The number of carboxylic acid groups (broad SMARTS) is 2. The van der Waals surface area contributed by atoms with Gasteiger partial charge in [0.2, 0.25) is 12.5 Å². The zero-order chi connectivity index (χ0) is 25.1. The topological polar surface area (TPSA) is 141 Å². The van der Waals surface area contributed by atoms with Crippen LogP contribution in [0.4, 0.5) is 0 Å². The van der Waals surface area contributed by atoms with Crippen LogP contribution in [0, 0.1) is 0 Å². The van der Waals surface area contributed by atoms with Gasteiger partial charge in [-0.2, -0.15) is 4.57 Å². The molecule has 3 heterocycles. The Kier molecular flexibility index (Phi) is 6.92. The zero-order valence-corrected chi connectivity index (χ0v) is 19.4. The van der Waals surface area contributed by atoms with E-state index in [1.54, 1.807) is 14.2 Å². The van der Waals surface area contributed by atoms with E-state index in [2.05, 4.69) is 35.0 Å². The number of hydrogen-bond acceptors (Lipinski definition) is 7. The van der Waals surface area contributed by atoms with Gasteiger partial charge in [0.05, 0.1) is 25.2 Å². The second kappa shape index (κ2) is 10.1. The molecule has 5 rings (SSSR count). The average molecular weight is 483 g/mol. The molecule has 2 aliphatic rings. The molecular formula is C25H27N2O8+. The van der Waals surface area contributed by atoms with Gasteiger partial charge in [0, 0.05) is 18.9 Å². The Morgan fingerprint density at radius 1 is 1.11 bits per heavy atom. The fourth-order valence-electron chi connectivity index (χ4n) is 4.17. The van der Waals surface area contributed by atoms with E-state index in [4.69, 9.17) is 34.9 Å². The van der Waals surface area contributed by atoms with Crippen LogP contribution in [0.5, 0.6) is 23.0 Å². The van der Waals surface area contributed by atoms with Crippen LogP contribution in [-0.4, -0.2) is 49.2 Å². The predicted molar refractivity (Wildman–Crippen MR) is 125 cm³/mol. The number of nitrogens with two attached hydrogens (primary N) is 1. The molecule has 0 saturated heterocycles. The molecule has 0 fully saturated rings. The number of carboxylic acids is 2. The number of fused-ring (bicyclic) bond motifs is 5. The maximum absolute atomic E-state index is 9.99. The summed E-state index contributed by atoms with van der Waals surface area (Å²) >= 11 is 0. The average Bonchev–Trinajstić information content (AvgIpc) is 3.31. The third-order valence-electron chi connectivity index (χ3n) is 5.99. The summed E-state index contributed by atoms with van der Waals surface area (Å²) in [5.74, 6) is 0.985. The van der Waals surface area contributed by atoms with Gasteiger partial charge in [0.1, 0.15) is 6.04 Å². The maximum atomic E-state index is 9.99. The van der Waals surface area contributed by atoms with Gasteiger partial charge in [0.15, 0.2) is 35.7 Å². The molecule has 0 aliphatic carbocycles. The van der Waals surface area contributed by atoms with Crippen LogP contribution in [-0.2, 0) is 22.6 Å². The first kappa shape index (κ1) is 24.1. The standard InChI is InChI=1S/C20H18NO4.C5H9NO4/c1-22-17-4-3-12-7-16-14-9-19-18(24-11-25-19)8-13(14)5-6-21(16)10-15(12)20(17)23-2;6-3(5(9)10)1-2-4(7)8/h3-4,7-10H,5-6,11H2,1-2H3;3H,1-2,6H2,(H,7,8)(H,9,10)/q+1;. The molecule has 0 radical (unpaired) electrons. The van der Waals surface area contributed by atoms with Crippen LogP contribution in [0.3, 0.4) is 0 Å². The number of ether oxygens (including phenoxy) is 4. The van der Waals surface area contributed by atoms with Crippen molar-refractivity contribution in [2.45, 2.75) is 31.8 Å². The number of hydrogen-bond donors (Lipinski definition) is 3. The fourth-order valence-corrected chi connectivity index (χ4v) is 4.17. The number of methoxy groups -OCH3 is 2. The molecule has 1 atom stereocenters. The molecule has 1 unspecified atom stereocenters. The van der Waals surface area contributed by atoms with Gasteiger partial charge in [-0.05, 0) is 41.6 Å². The summed E-state index contributed by atoms with van der Waals surface area (Å²) in [4.78, 5) is 19.9. The highest BCUT2D eigenvalue weighted by atomic mass is 16.7. The van der Waals surface area contributed by atoms with E-state index in [0.29, 0.717) is 6.79 Å². The molecular weight excluding hydrogens is 456 g/mol. The van der Waals surface area contributed by atoms with Crippen molar-refractivity contribution in [3.63, 3.8) is 0 Å². The van der Waals surface area contributed by atoms with Gasteiger partial charge in [-0.1, -0.05) is 0 Å². The maximum Gasteiger partial charge on any atom is 0.320 e. The number of benzene rings is 2. The lowest BCUT2D eigenvalue weighted by Gasteiger charge is -2.17. The molecule has 3 aromatic rings. The Labute approximate surface area is 201 Å². The van der Waals surface area contributed by atoms with Gasteiger partial charge in [-0.15, -0.1) is 0 Å². The largest absolute Gasteiger partial charge is 0.493 e. The SMILES string of the molecule is COc1ccc2cc3[n+](cc2c1OC)CCc1cc2c(cc1-3)OCO2.NC(CCC(=O)O)C(=O)O. The van der Waals surface area contributed by atoms with Crippen molar-refractivity contribution < 1.29 is 43.3 Å². The van der Waals surface area contributed by atoms with Crippen LogP contribution >= 0.6 is 0 Å². The van der Waals surface area contributed by atoms with E-state index in [-0.39, 0.29) is 12.8 Å². The summed E-state index contributed by atoms with van der Waals surface area (Å²) in [6, 6.07) is 9.36. The number of rotatable bonds is 6. The second-order valence-electron chi connectivity index (χ2n) is 8.15. The predicted octanol–water partition coefficient (Wildman–Crippen LogP) is 2.36. The molecule has 4 N–H and O–H groups in total. The number of aliphatic carboxylic acids is 2. The monoisotopic (exact) mass is 483 g/mol. The van der Waals surface area contributed by atoms with Gasteiger partial charge in [0.25, 0.3) is 0 Å². The molecule has 2 aliphatic heterocycles. The molecule has 0 spiro atoms. The van der Waals surface area contributed by atoms with Crippen molar-refractivity contribution in [2.24, 2.45) is 5.73 Å². The van der Waals surface area contributed by atoms with Crippen LogP contribution in [0.15, 0.2) is 36.5 Å². The Bertz CT molecular complexity index is 1290. The van der Waals surface area contributed by atoms with Gasteiger partial charge >= 0.3 is 11.9 Å². The quantitative estimate of drug-likeness (QED) is 0.451. The number of carbonyl (C=O) groups is 2. The molecule has 184 valence electrons. The van der Waals surface area contributed by atoms with E-state index in [0.717, 1.165) is 46.7 Å². The van der Waals surface area contributed by atoms with Crippen LogP contribution < -0.4 is 29.2 Å². The second-order valence-corrected chi connectivity index (χ2v) is 8.15. The summed E-state index contributed by atoms with van der Waals surface area (Å²) in [5.41, 5.74) is 8.68. The Morgan fingerprint density at radius 2 is 1.86 bits per heavy atom. The third kappa shape index (κ3) is 4.92. The van der Waals surface area contributed by atoms with Crippen LogP contribution in [0.1, 0.15) is 18.4 Å². The van der Waals surface area contributed by atoms with Crippen molar-refractivity contribution in [1.29, 1.82) is 0 Å². The van der Waals surface area contributed by atoms with E-state index in [1.165, 1.54) is 16.8 Å². The van der Waals surface area contributed by atoms with Gasteiger partial charge in [-0.25, -0.2) is 0 Å². The third-order valence-corrected chi connectivity index (χ3v) is 5.99. The van der Waals surface area contributed by atoms with Gasteiger partial charge < -0.3 is 34.9 Å². The minimum absolute atomic E-state index is 0.0231. The summed E-state index contributed by atoms with van der Waals surface area (Å²) in [7, 11) is 3.34. The summed E-state index contributed by atoms with van der Waals surface area (Å²) in [5, 5.41) is 18.4. The summed E-state index contributed by atoms with van der Waals surface area (Å²) < 4.78 is 24.4. The highest BCUT2D eigenvalue weighted by molar-refractivity contribution is 5.91. The molecule has 1 aromatic heterocycles. The highest BCUT2D eigenvalue weighted by Crippen LogP contribution is 2.41. The first-order chi connectivity index (χ1) is 16.8. The van der Waals surface area contributed by atoms with Crippen molar-refractivity contribution >= 4 is 22.7 Å². The molecule has 2 aromatic carbocycles. The minimum Gasteiger partial charge on any atom is -0.493 e. The van der Waals surface area contributed by atoms with E-state index in [9.17, 15) is 9.59 Å². The molecule has 35 heavy (non-hydrogen) atoms. The fraction of sp³-hybridized carbons (Fsp3) is 0.320. The smallest absolute Gasteiger partial charge is 0.320 e. The Morgan fingerprint density at radius 3 is 2.51 bits per heavy atom. The molecule has 10 nitrogen and oxygen atoms in total. The highest BCUT2D eigenvalue weighted by Gasteiger charge is 2.28. The van der Waals surface area contributed by atoms with Crippen molar-refractivity contribution in [3.8, 4) is 34.3 Å². The number of pyridine rings is 1. The van der Waals surface area contributed by atoms with Crippen molar-refractivity contribution in [2.75, 3.05) is 21.0 Å².